The third kappa shape index (κ3) is 5.10. The van der Waals surface area contributed by atoms with E-state index in [0.717, 1.165) is 18.4 Å². The lowest BCUT2D eigenvalue weighted by Gasteiger charge is -2.09. The maximum absolute atomic E-state index is 12.0. The lowest BCUT2D eigenvalue weighted by atomic mass is 10.1. The zero-order chi connectivity index (χ0) is 14.5. The van der Waals surface area contributed by atoms with E-state index in [2.05, 4.69) is 18.6 Å². The number of halogens is 1. The first kappa shape index (κ1) is 16.4. The van der Waals surface area contributed by atoms with Gasteiger partial charge in [0.05, 0.1) is 4.90 Å². The monoisotopic (exact) mass is 304 g/mol. The molecule has 0 radical (unpaired) electrons. The van der Waals surface area contributed by atoms with Crippen molar-refractivity contribution < 1.29 is 8.42 Å². The molecule has 0 amide bonds. The van der Waals surface area contributed by atoms with Crippen LogP contribution >= 0.6 is 11.6 Å². The minimum absolute atomic E-state index is 0.180. The van der Waals surface area contributed by atoms with Gasteiger partial charge in [-0.05, 0) is 36.5 Å². The Kier molecular flexibility index (Phi) is 6.26. The Balaban J connectivity index is 2.69. The first-order valence-electron chi connectivity index (χ1n) is 6.35. The Morgan fingerprint density at radius 2 is 2.05 bits per heavy atom. The molecule has 0 aliphatic heterocycles. The van der Waals surface area contributed by atoms with Crippen LogP contribution in [-0.4, -0.2) is 15.0 Å². The average molecular weight is 305 g/mol. The summed E-state index contributed by atoms with van der Waals surface area (Å²) in [7, 11) is -3.48. The zero-order valence-corrected chi connectivity index (χ0v) is 12.9. The minimum atomic E-state index is -3.48. The molecule has 0 aliphatic rings. The fourth-order valence-corrected chi connectivity index (χ4v) is 3.08. The highest BCUT2D eigenvalue weighted by molar-refractivity contribution is 7.89. The first-order valence-corrected chi connectivity index (χ1v) is 8.21. The maximum atomic E-state index is 12.0. The van der Waals surface area contributed by atoms with Crippen LogP contribution in [0.1, 0.15) is 32.3 Å². The molecule has 19 heavy (non-hydrogen) atoms. The Morgan fingerprint density at radius 1 is 1.37 bits per heavy atom. The van der Waals surface area contributed by atoms with Crippen molar-refractivity contribution in [1.82, 2.24) is 4.72 Å². The fourth-order valence-electron chi connectivity index (χ4n) is 1.66. The largest absolute Gasteiger partial charge is 0.326 e. The zero-order valence-electron chi connectivity index (χ0n) is 11.3. The number of hydrogen-bond donors (Lipinski definition) is 2. The normalized spacial score (nSPS) is 12.1. The summed E-state index contributed by atoms with van der Waals surface area (Å²) in [5.41, 5.74) is 6.22. The summed E-state index contributed by atoms with van der Waals surface area (Å²) < 4.78 is 26.6. The number of rotatable bonds is 7. The molecule has 0 aromatic heterocycles. The van der Waals surface area contributed by atoms with E-state index in [9.17, 15) is 8.42 Å². The molecule has 3 N–H and O–H groups in total. The topological polar surface area (TPSA) is 72.2 Å². The summed E-state index contributed by atoms with van der Waals surface area (Å²) in [5.74, 6) is 0.572. The molecule has 0 bridgehead atoms. The van der Waals surface area contributed by atoms with Crippen LogP contribution in [0.15, 0.2) is 23.1 Å². The molecule has 0 heterocycles. The summed E-state index contributed by atoms with van der Waals surface area (Å²) in [6, 6.07) is 4.61. The molecule has 0 saturated heterocycles. The van der Waals surface area contributed by atoms with Crippen LogP contribution in [-0.2, 0) is 16.6 Å². The van der Waals surface area contributed by atoms with E-state index in [1.54, 1.807) is 6.07 Å². The molecule has 0 unspecified atom stereocenters. The maximum Gasteiger partial charge on any atom is 0.240 e. The molecular formula is C13H21ClN2O2S. The Labute approximate surface area is 120 Å². The predicted octanol–water partition coefficient (Wildman–Crippen LogP) is 2.51. The Morgan fingerprint density at radius 3 is 2.58 bits per heavy atom. The van der Waals surface area contributed by atoms with Crippen LogP contribution in [0.2, 0.25) is 5.02 Å². The van der Waals surface area contributed by atoms with Gasteiger partial charge >= 0.3 is 0 Å². The van der Waals surface area contributed by atoms with Crippen LogP contribution in [0.3, 0.4) is 0 Å². The fraction of sp³-hybridized carbons (Fsp3) is 0.538. The molecule has 1 aromatic carbocycles. The van der Waals surface area contributed by atoms with Crippen molar-refractivity contribution in [2.75, 3.05) is 6.54 Å². The molecule has 0 aliphatic carbocycles. The highest BCUT2D eigenvalue weighted by Gasteiger charge is 2.14. The van der Waals surface area contributed by atoms with E-state index in [4.69, 9.17) is 17.3 Å². The standard InChI is InChI=1S/C13H21ClN2O2S/c1-10(2)4-3-7-16-19(17,18)12-6-5-11(9-15)13(14)8-12/h5-6,8,10,16H,3-4,7,9,15H2,1-2H3. The van der Waals surface area contributed by atoms with Crippen LogP contribution in [0.25, 0.3) is 0 Å². The molecule has 0 saturated carbocycles. The van der Waals surface area contributed by atoms with Crippen molar-refractivity contribution in [2.45, 2.75) is 38.1 Å². The highest BCUT2D eigenvalue weighted by atomic mass is 35.5. The van der Waals surface area contributed by atoms with Crippen molar-refractivity contribution in [3.8, 4) is 0 Å². The van der Waals surface area contributed by atoms with Gasteiger partial charge in [-0.3, -0.25) is 0 Å². The van der Waals surface area contributed by atoms with Gasteiger partial charge in [0.1, 0.15) is 0 Å². The van der Waals surface area contributed by atoms with Gasteiger partial charge in [-0.15, -0.1) is 0 Å². The van der Waals surface area contributed by atoms with Gasteiger partial charge < -0.3 is 5.73 Å². The summed E-state index contributed by atoms with van der Waals surface area (Å²) in [5, 5.41) is 0.382. The third-order valence-corrected chi connectivity index (χ3v) is 4.62. The molecule has 0 fully saturated rings. The van der Waals surface area contributed by atoms with Gasteiger partial charge in [0.25, 0.3) is 0 Å². The summed E-state index contributed by atoms with van der Waals surface area (Å²) >= 11 is 5.97. The van der Waals surface area contributed by atoms with Gasteiger partial charge in [-0.25, -0.2) is 13.1 Å². The van der Waals surface area contributed by atoms with Crippen molar-refractivity contribution >= 4 is 21.6 Å². The first-order chi connectivity index (χ1) is 8.86. The van der Waals surface area contributed by atoms with E-state index in [-0.39, 0.29) is 4.90 Å². The smallest absolute Gasteiger partial charge is 0.240 e. The predicted molar refractivity (Wildman–Crippen MR) is 78.6 cm³/mol. The van der Waals surface area contributed by atoms with Crippen molar-refractivity contribution in [1.29, 1.82) is 0 Å². The van der Waals surface area contributed by atoms with Gasteiger partial charge in [-0.2, -0.15) is 0 Å². The van der Waals surface area contributed by atoms with Gasteiger partial charge in [0, 0.05) is 18.1 Å². The number of sulfonamides is 1. The van der Waals surface area contributed by atoms with Crippen LogP contribution in [0.4, 0.5) is 0 Å². The minimum Gasteiger partial charge on any atom is -0.326 e. The lowest BCUT2D eigenvalue weighted by Crippen LogP contribution is -2.25. The van der Waals surface area contributed by atoms with E-state index in [1.165, 1.54) is 12.1 Å². The summed E-state index contributed by atoms with van der Waals surface area (Å²) in [6.07, 6.45) is 1.82. The SMILES string of the molecule is CC(C)CCCNS(=O)(=O)c1ccc(CN)c(Cl)c1. The highest BCUT2D eigenvalue weighted by Crippen LogP contribution is 2.20. The van der Waals surface area contributed by atoms with E-state index >= 15 is 0 Å². The van der Waals surface area contributed by atoms with Crippen molar-refractivity contribution in [2.24, 2.45) is 11.7 Å². The molecule has 1 aromatic rings. The molecule has 0 spiro atoms. The average Bonchev–Trinajstić information content (AvgIpc) is 2.34. The van der Waals surface area contributed by atoms with Gasteiger partial charge in [-0.1, -0.05) is 31.5 Å². The van der Waals surface area contributed by atoms with Crippen molar-refractivity contribution in [3.05, 3.63) is 28.8 Å². The van der Waals surface area contributed by atoms with E-state index in [0.29, 0.717) is 24.0 Å². The Bertz CT molecular complexity index is 515. The number of hydrogen-bond acceptors (Lipinski definition) is 3. The van der Waals surface area contributed by atoms with Crippen LogP contribution < -0.4 is 10.5 Å². The van der Waals surface area contributed by atoms with Crippen molar-refractivity contribution in [3.63, 3.8) is 0 Å². The van der Waals surface area contributed by atoms with Gasteiger partial charge in [0.15, 0.2) is 0 Å². The van der Waals surface area contributed by atoms with Crippen LogP contribution in [0, 0.1) is 5.92 Å². The second kappa shape index (κ2) is 7.24. The molecular weight excluding hydrogens is 284 g/mol. The summed E-state index contributed by atoms with van der Waals surface area (Å²) in [6.45, 7) is 4.96. The number of nitrogens with one attached hydrogen (secondary N) is 1. The molecule has 1 rings (SSSR count). The van der Waals surface area contributed by atoms with E-state index in [1.807, 2.05) is 0 Å². The third-order valence-electron chi connectivity index (χ3n) is 2.81. The summed E-state index contributed by atoms with van der Waals surface area (Å²) in [4.78, 5) is 0.180. The number of nitrogens with two attached hydrogens (primary N) is 1. The number of benzene rings is 1. The lowest BCUT2D eigenvalue weighted by molar-refractivity contribution is 0.540. The molecule has 4 nitrogen and oxygen atoms in total. The molecule has 6 heteroatoms. The Hall–Kier alpha value is -0.620. The van der Waals surface area contributed by atoms with E-state index < -0.39 is 10.0 Å². The van der Waals surface area contributed by atoms with Gasteiger partial charge in [0.2, 0.25) is 10.0 Å². The quantitative estimate of drug-likeness (QED) is 0.760. The molecule has 0 atom stereocenters. The second-order valence-corrected chi connectivity index (χ2v) is 7.07. The molecule has 108 valence electrons. The van der Waals surface area contributed by atoms with Crippen LogP contribution in [0.5, 0.6) is 0 Å². The second-order valence-electron chi connectivity index (χ2n) is 4.89.